The highest BCUT2D eigenvalue weighted by Crippen LogP contribution is 2.39. The summed E-state index contributed by atoms with van der Waals surface area (Å²) in [5.41, 5.74) is 0. The summed E-state index contributed by atoms with van der Waals surface area (Å²) in [5, 5.41) is 4.08. The predicted octanol–water partition coefficient (Wildman–Crippen LogP) is 2.99. The van der Waals surface area contributed by atoms with Gasteiger partial charge in [-0.05, 0) is 25.7 Å². The summed E-state index contributed by atoms with van der Waals surface area (Å²) < 4.78 is 5.42. The molecule has 114 valence electrons. The highest BCUT2D eigenvalue weighted by molar-refractivity contribution is 5.79. The van der Waals surface area contributed by atoms with Crippen molar-refractivity contribution in [2.24, 2.45) is 0 Å². The fourth-order valence-electron chi connectivity index (χ4n) is 3.74. The summed E-state index contributed by atoms with van der Waals surface area (Å²) in [5.74, 6) is 2.43. The molecule has 0 bridgehead atoms. The lowest BCUT2D eigenvalue weighted by Gasteiger charge is -2.26. The topological polar surface area (TPSA) is 59.2 Å². The Kier molecular flexibility index (Phi) is 3.43. The average molecular weight is 289 g/mol. The van der Waals surface area contributed by atoms with E-state index in [0.717, 1.165) is 25.2 Å². The van der Waals surface area contributed by atoms with Gasteiger partial charge in [-0.2, -0.15) is 4.98 Å². The molecule has 1 aromatic heterocycles. The van der Waals surface area contributed by atoms with Crippen LogP contribution in [0.4, 0.5) is 0 Å². The summed E-state index contributed by atoms with van der Waals surface area (Å²) in [6.45, 7) is 0.774. The second-order valence-electron chi connectivity index (χ2n) is 6.86. The van der Waals surface area contributed by atoms with Gasteiger partial charge in [-0.15, -0.1) is 0 Å². The van der Waals surface area contributed by atoms with Gasteiger partial charge in [0, 0.05) is 24.9 Å². The Morgan fingerprint density at radius 3 is 2.48 bits per heavy atom. The van der Waals surface area contributed by atoms with Crippen molar-refractivity contribution < 1.29 is 9.32 Å². The third-order valence-corrected chi connectivity index (χ3v) is 5.17. The molecule has 3 aliphatic rings. The van der Waals surface area contributed by atoms with Crippen LogP contribution in [0.2, 0.25) is 0 Å². The van der Waals surface area contributed by atoms with Gasteiger partial charge in [0.25, 0.3) is 0 Å². The molecule has 1 aromatic rings. The molecule has 5 heteroatoms. The van der Waals surface area contributed by atoms with Crippen molar-refractivity contribution in [3.63, 3.8) is 0 Å². The van der Waals surface area contributed by atoms with Crippen molar-refractivity contribution in [3.8, 4) is 0 Å². The zero-order valence-corrected chi connectivity index (χ0v) is 12.5. The van der Waals surface area contributed by atoms with E-state index in [1.807, 2.05) is 0 Å². The molecule has 1 atom stereocenters. The minimum Gasteiger partial charge on any atom is -0.339 e. The molecular weight excluding hydrogens is 266 g/mol. The van der Waals surface area contributed by atoms with Crippen molar-refractivity contribution >= 4 is 5.91 Å². The average Bonchev–Trinajstić information content (AvgIpc) is 3.18. The van der Waals surface area contributed by atoms with Gasteiger partial charge in [0.1, 0.15) is 0 Å². The van der Waals surface area contributed by atoms with E-state index in [1.54, 1.807) is 0 Å². The van der Waals surface area contributed by atoms with Gasteiger partial charge in [-0.1, -0.05) is 30.8 Å². The number of carbonyl (C=O) groups is 1. The lowest BCUT2D eigenvalue weighted by molar-refractivity contribution is -0.129. The number of aromatic nitrogens is 2. The molecule has 1 amide bonds. The summed E-state index contributed by atoms with van der Waals surface area (Å²) >= 11 is 0. The quantitative estimate of drug-likeness (QED) is 0.803. The number of nitrogens with zero attached hydrogens (tertiary/aromatic N) is 3. The Labute approximate surface area is 125 Å². The Bertz CT molecular complexity index is 515. The first-order valence-electron chi connectivity index (χ1n) is 8.44. The molecule has 3 fully saturated rings. The highest BCUT2D eigenvalue weighted by atomic mass is 16.5. The SMILES string of the molecule is O=C1CC(c2nc(C3CC3)no2)CN1C1CCCCCC1. The fourth-order valence-corrected chi connectivity index (χ4v) is 3.74. The van der Waals surface area contributed by atoms with Crippen LogP contribution in [0.3, 0.4) is 0 Å². The van der Waals surface area contributed by atoms with E-state index in [1.165, 1.54) is 38.5 Å². The lowest BCUT2D eigenvalue weighted by atomic mass is 10.1. The highest BCUT2D eigenvalue weighted by Gasteiger charge is 2.38. The van der Waals surface area contributed by atoms with Gasteiger partial charge in [0.15, 0.2) is 5.82 Å². The monoisotopic (exact) mass is 289 g/mol. The van der Waals surface area contributed by atoms with Gasteiger partial charge in [-0.3, -0.25) is 4.79 Å². The van der Waals surface area contributed by atoms with Gasteiger partial charge < -0.3 is 9.42 Å². The molecule has 1 unspecified atom stereocenters. The van der Waals surface area contributed by atoms with E-state index >= 15 is 0 Å². The predicted molar refractivity (Wildman–Crippen MR) is 76.8 cm³/mol. The second-order valence-corrected chi connectivity index (χ2v) is 6.86. The number of hydrogen-bond acceptors (Lipinski definition) is 4. The molecule has 0 N–H and O–H groups in total. The molecule has 4 rings (SSSR count). The molecule has 1 saturated heterocycles. The third-order valence-electron chi connectivity index (χ3n) is 5.17. The summed E-state index contributed by atoms with van der Waals surface area (Å²) in [7, 11) is 0. The van der Waals surface area contributed by atoms with Crippen LogP contribution in [-0.2, 0) is 4.79 Å². The molecule has 0 radical (unpaired) electrons. The molecule has 1 aliphatic heterocycles. The van der Waals surface area contributed by atoms with Crippen LogP contribution in [0.5, 0.6) is 0 Å². The maximum Gasteiger partial charge on any atom is 0.232 e. The van der Waals surface area contributed by atoms with E-state index in [2.05, 4.69) is 15.0 Å². The first-order chi connectivity index (χ1) is 10.3. The Balaban J connectivity index is 1.44. The van der Waals surface area contributed by atoms with Gasteiger partial charge in [0.05, 0.1) is 5.92 Å². The lowest BCUT2D eigenvalue weighted by Crippen LogP contribution is -2.36. The Morgan fingerprint density at radius 2 is 1.76 bits per heavy atom. The molecule has 0 aromatic carbocycles. The normalized spacial score (nSPS) is 28.1. The first kappa shape index (κ1) is 13.3. The van der Waals surface area contributed by atoms with Crippen LogP contribution < -0.4 is 0 Å². The van der Waals surface area contributed by atoms with Crippen molar-refractivity contribution in [2.75, 3.05) is 6.54 Å². The number of hydrogen-bond donors (Lipinski definition) is 0. The van der Waals surface area contributed by atoms with Crippen LogP contribution in [-0.4, -0.2) is 33.5 Å². The maximum atomic E-state index is 12.4. The van der Waals surface area contributed by atoms with Crippen molar-refractivity contribution in [3.05, 3.63) is 11.7 Å². The van der Waals surface area contributed by atoms with Crippen molar-refractivity contribution in [2.45, 2.75) is 75.7 Å². The standard InChI is InChI=1S/C16H23N3O2/c20-14-9-12(16-17-15(18-21-16)11-7-8-11)10-19(14)13-5-3-1-2-4-6-13/h11-13H,1-10H2. The summed E-state index contributed by atoms with van der Waals surface area (Å²) in [6, 6.07) is 0.441. The number of carbonyl (C=O) groups excluding carboxylic acids is 1. The van der Waals surface area contributed by atoms with Crippen LogP contribution in [0, 0.1) is 0 Å². The summed E-state index contributed by atoms with van der Waals surface area (Å²) in [4.78, 5) is 19.0. The summed E-state index contributed by atoms with van der Waals surface area (Å²) in [6.07, 6.45) is 10.4. The Morgan fingerprint density at radius 1 is 1.00 bits per heavy atom. The van der Waals surface area contributed by atoms with Crippen LogP contribution >= 0.6 is 0 Å². The van der Waals surface area contributed by atoms with E-state index in [4.69, 9.17) is 4.52 Å². The van der Waals surface area contributed by atoms with E-state index in [0.29, 0.717) is 24.3 Å². The van der Waals surface area contributed by atoms with E-state index < -0.39 is 0 Å². The molecule has 5 nitrogen and oxygen atoms in total. The van der Waals surface area contributed by atoms with Gasteiger partial charge >= 0.3 is 0 Å². The number of amides is 1. The minimum absolute atomic E-state index is 0.112. The van der Waals surface area contributed by atoms with Gasteiger partial charge in [-0.25, -0.2) is 0 Å². The van der Waals surface area contributed by atoms with Crippen molar-refractivity contribution in [1.29, 1.82) is 0 Å². The molecule has 0 spiro atoms. The molecule has 21 heavy (non-hydrogen) atoms. The van der Waals surface area contributed by atoms with Crippen LogP contribution in [0.1, 0.15) is 81.3 Å². The Hall–Kier alpha value is -1.39. The number of likely N-dealkylation sites (tertiary alicyclic amines) is 1. The molecule has 2 saturated carbocycles. The minimum atomic E-state index is 0.112. The number of rotatable bonds is 3. The van der Waals surface area contributed by atoms with Gasteiger partial charge in [0.2, 0.25) is 11.8 Å². The second kappa shape index (κ2) is 5.43. The molecule has 2 heterocycles. The smallest absolute Gasteiger partial charge is 0.232 e. The van der Waals surface area contributed by atoms with Crippen molar-refractivity contribution in [1.82, 2.24) is 15.0 Å². The zero-order chi connectivity index (χ0) is 14.2. The fraction of sp³-hybridized carbons (Fsp3) is 0.812. The van der Waals surface area contributed by atoms with E-state index in [9.17, 15) is 4.79 Å². The maximum absolute atomic E-state index is 12.4. The first-order valence-corrected chi connectivity index (χ1v) is 8.44. The zero-order valence-electron chi connectivity index (χ0n) is 12.5. The van der Waals surface area contributed by atoms with Crippen LogP contribution in [0.15, 0.2) is 4.52 Å². The largest absolute Gasteiger partial charge is 0.339 e. The molecule has 2 aliphatic carbocycles. The molecular formula is C16H23N3O2. The van der Waals surface area contributed by atoms with E-state index in [-0.39, 0.29) is 11.8 Å². The van der Waals surface area contributed by atoms with Crippen LogP contribution in [0.25, 0.3) is 0 Å². The third kappa shape index (κ3) is 2.70.